The van der Waals surface area contributed by atoms with Crippen LogP contribution in [0, 0.1) is 0 Å². The van der Waals surface area contributed by atoms with E-state index in [-0.39, 0.29) is 37.5 Å². The lowest BCUT2D eigenvalue weighted by Gasteiger charge is -2.18. The summed E-state index contributed by atoms with van der Waals surface area (Å²) in [6.45, 7) is 6.46. The molecule has 0 aliphatic heterocycles. The monoisotopic (exact) mass is 893 g/mol. The Morgan fingerprint density at radius 1 is 0.328 bits per heavy atom. The Bertz CT molecular complexity index is 1210. The molecule has 0 aromatic rings. The predicted octanol–water partition coefficient (Wildman–Crippen LogP) is 17.8. The first-order valence-electron chi connectivity index (χ1n) is 26.9. The molecule has 0 saturated carbocycles. The number of rotatable bonds is 48. The van der Waals surface area contributed by atoms with E-state index in [1.807, 2.05) is 6.08 Å². The van der Waals surface area contributed by atoms with Crippen LogP contribution in [-0.2, 0) is 28.6 Å². The van der Waals surface area contributed by atoms with Crippen molar-refractivity contribution in [2.75, 3.05) is 13.2 Å². The average molecular weight is 893 g/mol. The Morgan fingerprint density at radius 2 is 0.641 bits per heavy atom. The molecule has 1 atom stereocenters. The first-order valence-corrected chi connectivity index (χ1v) is 26.9. The van der Waals surface area contributed by atoms with Crippen LogP contribution in [0.15, 0.2) is 72.9 Å². The van der Waals surface area contributed by atoms with Gasteiger partial charge < -0.3 is 14.2 Å². The van der Waals surface area contributed by atoms with Gasteiger partial charge in [-0.25, -0.2) is 0 Å². The van der Waals surface area contributed by atoms with E-state index >= 15 is 0 Å². The summed E-state index contributed by atoms with van der Waals surface area (Å²) in [5, 5.41) is 0. The Balaban J connectivity index is 4.47. The zero-order valence-corrected chi connectivity index (χ0v) is 42.0. The van der Waals surface area contributed by atoms with Crippen molar-refractivity contribution in [2.45, 2.75) is 264 Å². The zero-order valence-electron chi connectivity index (χ0n) is 42.0. The zero-order chi connectivity index (χ0) is 46.5. The van der Waals surface area contributed by atoms with Crippen molar-refractivity contribution in [3.63, 3.8) is 0 Å². The van der Waals surface area contributed by atoms with E-state index in [1.54, 1.807) is 0 Å². The van der Waals surface area contributed by atoms with E-state index < -0.39 is 6.10 Å². The third kappa shape index (κ3) is 49.9. The number of hydrogen-bond acceptors (Lipinski definition) is 6. The highest BCUT2D eigenvalue weighted by atomic mass is 16.6. The first-order chi connectivity index (χ1) is 31.5. The maximum absolute atomic E-state index is 12.8. The number of carbonyl (C=O) groups excluding carboxylic acids is 3. The second-order valence-electron chi connectivity index (χ2n) is 17.8. The first kappa shape index (κ1) is 60.9. The molecule has 1 unspecified atom stereocenters. The predicted molar refractivity (Wildman–Crippen MR) is 274 cm³/mol. The fraction of sp³-hybridized carbons (Fsp3) is 0.741. The van der Waals surface area contributed by atoms with E-state index in [4.69, 9.17) is 14.2 Å². The minimum atomic E-state index is -0.805. The molecule has 6 heteroatoms. The third-order valence-electron chi connectivity index (χ3n) is 11.5. The van der Waals surface area contributed by atoms with Crippen LogP contribution in [-0.4, -0.2) is 37.2 Å². The van der Waals surface area contributed by atoms with Crippen LogP contribution in [0.5, 0.6) is 0 Å². The number of esters is 3. The Labute approximate surface area is 395 Å². The summed E-state index contributed by atoms with van der Waals surface area (Å²) in [6.07, 6.45) is 66.1. The second-order valence-corrected chi connectivity index (χ2v) is 17.8. The Hall–Kier alpha value is -3.15. The van der Waals surface area contributed by atoms with Crippen molar-refractivity contribution >= 4 is 17.9 Å². The third-order valence-corrected chi connectivity index (χ3v) is 11.5. The van der Waals surface area contributed by atoms with Crippen LogP contribution in [0.2, 0.25) is 0 Å². The average Bonchev–Trinajstić information content (AvgIpc) is 3.29. The number of hydrogen-bond donors (Lipinski definition) is 0. The van der Waals surface area contributed by atoms with E-state index in [1.165, 1.54) is 141 Å². The normalized spacial score (nSPS) is 12.6. The van der Waals surface area contributed by atoms with Gasteiger partial charge in [0.05, 0.1) is 0 Å². The molecule has 0 N–H and O–H groups in total. The summed E-state index contributed by atoms with van der Waals surface area (Å²) in [7, 11) is 0. The fourth-order valence-corrected chi connectivity index (χ4v) is 7.43. The van der Waals surface area contributed by atoms with Crippen molar-refractivity contribution in [1.82, 2.24) is 0 Å². The topological polar surface area (TPSA) is 78.9 Å². The van der Waals surface area contributed by atoms with Crippen molar-refractivity contribution in [1.29, 1.82) is 0 Å². The molecule has 0 aliphatic carbocycles. The van der Waals surface area contributed by atoms with E-state index in [0.29, 0.717) is 19.3 Å². The van der Waals surface area contributed by atoms with Gasteiger partial charge in [-0.1, -0.05) is 235 Å². The summed E-state index contributed by atoms with van der Waals surface area (Å²) in [6, 6.07) is 0. The van der Waals surface area contributed by atoms with Crippen LogP contribution in [0.25, 0.3) is 0 Å². The van der Waals surface area contributed by atoms with Gasteiger partial charge in [0.2, 0.25) is 0 Å². The molecular weight excluding hydrogens is 793 g/mol. The molecule has 0 bridgehead atoms. The van der Waals surface area contributed by atoms with Gasteiger partial charge in [-0.2, -0.15) is 0 Å². The number of ether oxygens (including phenoxy) is 3. The summed E-state index contributed by atoms with van der Waals surface area (Å²) >= 11 is 0. The second kappa shape index (κ2) is 52.5. The fourth-order valence-electron chi connectivity index (χ4n) is 7.43. The molecule has 64 heavy (non-hydrogen) atoms. The summed E-state index contributed by atoms with van der Waals surface area (Å²) in [4.78, 5) is 38.0. The lowest BCUT2D eigenvalue weighted by Crippen LogP contribution is -2.30. The van der Waals surface area contributed by atoms with Gasteiger partial charge in [-0.3, -0.25) is 14.4 Å². The molecular formula is C58H100O6. The van der Waals surface area contributed by atoms with Crippen LogP contribution in [0.3, 0.4) is 0 Å². The molecule has 368 valence electrons. The van der Waals surface area contributed by atoms with Gasteiger partial charge in [0.25, 0.3) is 0 Å². The highest BCUT2D eigenvalue weighted by Gasteiger charge is 2.19. The molecule has 0 saturated heterocycles. The molecule has 0 spiro atoms. The molecule has 0 radical (unpaired) electrons. The van der Waals surface area contributed by atoms with E-state index in [2.05, 4.69) is 87.6 Å². The maximum Gasteiger partial charge on any atom is 0.306 e. The van der Waals surface area contributed by atoms with Gasteiger partial charge in [-0.15, -0.1) is 0 Å². The standard InChI is InChI=1S/C58H100O6/c1-4-7-10-13-16-19-22-25-28-31-33-36-39-42-45-48-51-57(60)63-54-55(64-58(61)52-49-46-43-40-37-34-30-27-24-21-18-15-12-9-6-3)53-62-56(59)50-47-44-41-38-35-32-29-26-23-20-17-14-11-8-5-2/h7,10,16,19,21,24-25,28,33,36,42,45,55H,4-6,8-9,11-15,17-18,20,22-23,26-27,29-32,34-35,37-41,43-44,46-54H2,1-3H3/b10-7-,19-16-,24-21-,28-25-,36-33-,45-42-. The van der Waals surface area contributed by atoms with Gasteiger partial charge in [0, 0.05) is 19.3 Å². The van der Waals surface area contributed by atoms with Crippen molar-refractivity contribution in [3.8, 4) is 0 Å². The summed E-state index contributed by atoms with van der Waals surface area (Å²) < 4.78 is 16.8. The molecule has 6 nitrogen and oxygen atoms in total. The Morgan fingerprint density at radius 3 is 1.06 bits per heavy atom. The Kier molecular flexibility index (Phi) is 49.9. The molecule has 0 aromatic heterocycles. The van der Waals surface area contributed by atoms with Crippen molar-refractivity contribution < 1.29 is 28.6 Å². The van der Waals surface area contributed by atoms with Crippen LogP contribution in [0.1, 0.15) is 258 Å². The quantitative estimate of drug-likeness (QED) is 0.0262. The van der Waals surface area contributed by atoms with Crippen molar-refractivity contribution in [3.05, 3.63) is 72.9 Å². The van der Waals surface area contributed by atoms with E-state index in [0.717, 1.165) is 70.6 Å². The van der Waals surface area contributed by atoms with Crippen molar-refractivity contribution in [2.24, 2.45) is 0 Å². The number of allylic oxidation sites excluding steroid dienone is 12. The highest BCUT2D eigenvalue weighted by molar-refractivity contribution is 5.71. The lowest BCUT2D eigenvalue weighted by molar-refractivity contribution is -0.166. The van der Waals surface area contributed by atoms with Crippen LogP contribution in [0.4, 0.5) is 0 Å². The van der Waals surface area contributed by atoms with Gasteiger partial charge in [-0.05, 0) is 77.0 Å². The highest BCUT2D eigenvalue weighted by Crippen LogP contribution is 2.15. The summed E-state index contributed by atoms with van der Waals surface area (Å²) in [5.74, 6) is -0.983. The van der Waals surface area contributed by atoms with Gasteiger partial charge in [0.15, 0.2) is 6.10 Å². The molecule has 0 heterocycles. The minimum absolute atomic E-state index is 0.0978. The molecule has 0 aliphatic rings. The number of carbonyl (C=O) groups is 3. The SMILES string of the molecule is CC/C=C\C/C=C\C/C=C\C/C=C\C/C=C\CCC(=O)OCC(COC(=O)CCCCCCCCCCCCCCCCC)OC(=O)CCCCCCCCC/C=C\CCCCCC. The molecule has 0 fully saturated rings. The van der Waals surface area contributed by atoms with Gasteiger partial charge >= 0.3 is 17.9 Å². The van der Waals surface area contributed by atoms with E-state index in [9.17, 15) is 14.4 Å². The van der Waals surface area contributed by atoms with Gasteiger partial charge in [0.1, 0.15) is 13.2 Å². The number of unbranched alkanes of at least 4 members (excludes halogenated alkanes) is 25. The van der Waals surface area contributed by atoms with Crippen LogP contribution < -0.4 is 0 Å². The maximum atomic E-state index is 12.8. The minimum Gasteiger partial charge on any atom is -0.462 e. The lowest BCUT2D eigenvalue weighted by atomic mass is 10.0. The largest absolute Gasteiger partial charge is 0.462 e. The smallest absolute Gasteiger partial charge is 0.306 e. The molecule has 0 rings (SSSR count). The molecule has 0 amide bonds. The summed E-state index contributed by atoms with van der Waals surface area (Å²) in [5.41, 5.74) is 0. The molecule has 0 aromatic carbocycles. The van der Waals surface area contributed by atoms with Crippen LogP contribution >= 0.6 is 0 Å².